The van der Waals surface area contributed by atoms with Gasteiger partial charge < -0.3 is 4.74 Å². The van der Waals surface area contributed by atoms with Crippen LogP contribution in [0, 0.1) is 5.92 Å². The highest BCUT2D eigenvalue weighted by Gasteiger charge is 2.38. The number of amides is 2. The van der Waals surface area contributed by atoms with Gasteiger partial charge in [0.2, 0.25) is 5.91 Å². The van der Waals surface area contributed by atoms with Gasteiger partial charge in [0, 0.05) is 18.3 Å². The van der Waals surface area contributed by atoms with Crippen LogP contribution < -0.4 is 9.64 Å². The molecule has 2 aromatic carbocycles. The fourth-order valence-corrected chi connectivity index (χ4v) is 3.09. The number of hydrogen-bond acceptors (Lipinski definition) is 4. The molecule has 5 heteroatoms. The standard InChI is InChI=1S/C22H24N2O3/c1-15(2)12-13-23-14-20-18-6-4-5-7-19(18)21(25)24(22(20)26)16-8-10-17(27-3)11-9-16/h4-11,14-15,20H,12-13H2,1-3H3. The first kappa shape index (κ1) is 18.8. The fraction of sp³-hybridized carbons (Fsp3) is 0.318. The summed E-state index contributed by atoms with van der Waals surface area (Å²) >= 11 is 0. The van der Waals surface area contributed by atoms with Crippen molar-refractivity contribution in [1.82, 2.24) is 0 Å². The van der Waals surface area contributed by atoms with E-state index in [1.807, 2.05) is 18.2 Å². The molecular weight excluding hydrogens is 340 g/mol. The number of carbonyl (C=O) groups is 2. The number of carbonyl (C=O) groups excluding carboxylic acids is 2. The third-order valence-corrected chi connectivity index (χ3v) is 4.64. The molecule has 0 fully saturated rings. The average molecular weight is 364 g/mol. The number of hydrogen-bond donors (Lipinski definition) is 0. The van der Waals surface area contributed by atoms with Crippen molar-refractivity contribution in [3.05, 3.63) is 59.7 Å². The van der Waals surface area contributed by atoms with Gasteiger partial charge in [0.25, 0.3) is 5.91 Å². The lowest BCUT2D eigenvalue weighted by Gasteiger charge is -2.31. The lowest BCUT2D eigenvalue weighted by atomic mass is 9.89. The topological polar surface area (TPSA) is 59.0 Å². The van der Waals surface area contributed by atoms with E-state index in [0.717, 1.165) is 6.42 Å². The van der Waals surface area contributed by atoms with E-state index < -0.39 is 5.92 Å². The van der Waals surface area contributed by atoms with Gasteiger partial charge in [0.1, 0.15) is 5.75 Å². The van der Waals surface area contributed by atoms with Crippen LogP contribution >= 0.6 is 0 Å². The predicted molar refractivity (Wildman–Crippen MR) is 107 cm³/mol. The molecule has 3 rings (SSSR count). The molecule has 0 radical (unpaired) electrons. The SMILES string of the molecule is COc1ccc(N2C(=O)c3ccccc3C(C=NCCC(C)C)C2=O)cc1. The third kappa shape index (κ3) is 3.92. The summed E-state index contributed by atoms with van der Waals surface area (Å²) in [6, 6.07) is 14.2. The van der Waals surface area contributed by atoms with Gasteiger partial charge in [-0.1, -0.05) is 32.0 Å². The van der Waals surface area contributed by atoms with Crippen molar-refractivity contribution in [2.75, 3.05) is 18.6 Å². The molecule has 0 aliphatic carbocycles. The van der Waals surface area contributed by atoms with E-state index in [2.05, 4.69) is 18.8 Å². The summed E-state index contributed by atoms with van der Waals surface area (Å²) in [5.41, 5.74) is 1.78. The molecule has 0 N–H and O–H groups in total. The Labute approximate surface area is 159 Å². The van der Waals surface area contributed by atoms with Crippen LogP contribution in [-0.2, 0) is 4.79 Å². The molecule has 27 heavy (non-hydrogen) atoms. The number of fused-ring (bicyclic) bond motifs is 1. The number of imide groups is 1. The maximum absolute atomic E-state index is 13.2. The van der Waals surface area contributed by atoms with E-state index in [0.29, 0.717) is 35.0 Å². The van der Waals surface area contributed by atoms with Crippen molar-refractivity contribution in [1.29, 1.82) is 0 Å². The van der Waals surface area contributed by atoms with Gasteiger partial charge in [-0.3, -0.25) is 14.6 Å². The molecule has 5 nitrogen and oxygen atoms in total. The van der Waals surface area contributed by atoms with Crippen molar-refractivity contribution in [2.24, 2.45) is 10.9 Å². The first-order valence-electron chi connectivity index (χ1n) is 9.14. The number of nitrogens with zero attached hydrogens (tertiary/aromatic N) is 2. The zero-order valence-electron chi connectivity index (χ0n) is 15.9. The van der Waals surface area contributed by atoms with Gasteiger partial charge in [0.05, 0.1) is 18.7 Å². The molecule has 0 bridgehead atoms. The second kappa shape index (κ2) is 8.16. The van der Waals surface area contributed by atoms with Crippen LogP contribution in [0.1, 0.15) is 42.1 Å². The van der Waals surface area contributed by atoms with Crippen LogP contribution in [0.2, 0.25) is 0 Å². The minimum atomic E-state index is -0.562. The summed E-state index contributed by atoms with van der Waals surface area (Å²) in [5, 5.41) is 0. The van der Waals surface area contributed by atoms with Crippen LogP contribution in [0.25, 0.3) is 0 Å². The number of rotatable bonds is 6. The minimum absolute atomic E-state index is 0.280. The highest BCUT2D eigenvalue weighted by Crippen LogP contribution is 2.32. The molecule has 0 aromatic heterocycles. The van der Waals surface area contributed by atoms with E-state index in [1.54, 1.807) is 43.7 Å². The summed E-state index contributed by atoms with van der Waals surface area (Å²) in [6.07, 6.45) is 2.65. The molecular formula is C22H24N2O3. The second-order valence-corrected chi connectivity index (χ2v) is 6.98. The zero-order chi connectivity index (χ0) is 19.4. The summed E-state index contributed by atoms with van der Waals surface area (Å²) < 4.78 is 5.16. The monoisotopic (exact) mass is 364 g/mol. The minimum Gasteiger partial charge on any atom is -0.497 e. The Hall–Kier alpha value is -2.95. The van der Waals surface area contributed by atoms with E-state index in [-0.39, 0.29) is 11.8 Å². The Kier molecular flexibility index (Phi) is 5.69. The summed E-state index contributed by atoms with van der Waals surface area (Å²) in [5.74, 6) is 0.0645. The van der Waals surface area contributed by atoms with Crippen LogP contribution in [0.3, 0.4) is 0 Å². The quantitative estimate of drug-likeness (QED) is 0.573. The molecule has 0 spiro atoms. The van der Waals surface area contributed by atoms with Crippen molar-refractivity contribution in [3.8, 4) is 5.75 Å². The molecule has 0 saturated carbocycles. The molecule has 1 unspecified atom stereocenters. The molecule has 1 heterocycles. The van der Waals surface area contributed by atoms with Crippen molar-refractivity contribution >= 4 is 23.7 Å². The van der Waals surface area contributed by atoms with Crippen molar-refractivity contribution in [3.63, 3.8) is 0 Å². The number of benzene rings is 2. The lowest BCUT2D eigenvalue weighted by molar-refractivity contribution is -0.118. The lowest BCUT2D eigenvalue weighted by Crippen LogP contribution is -2.45. The Bertz CT molecular complexity index is 856. The van der Waals surface area contributed by atoms with Crippen LogP contribution in [-0.4, -0.2) is 31.7 Å². The summed E-state index contributed by atoms with van der Waals surface area (Å²) in [7, 11) is 1.58. The van der Waals surface area contributed by atoms with E-state index in [9.17, 15) is 9.59 Å². The Morgan fingerprint density at radius 3 is 2.48 bits per heavy atom. The molecule has 1 aliphatic rings. The molecule has 140 valence electrons. The van der Waals surface area contributed by atoms with Crippen LogP contribution in [0.15, 0.2) is 53.5 Å². The van der Waals surface area contributed by atoms with Gasteiger partial charge in [-0.15, -0.1) is 0 Å². The van der Waals surface area contributed by atoms with Gasteiger partial charge in [-0.2, -0.15) is 0 Å². The largest absolute Gasteiger partial charge is 0.497 e. The first-order valence-corrected chi connectivity index (χ1v) is 9.14. The highest BCUT2D eigenvalue weighted by molar-refractivity contribution is 6.29. The molecule has 0 saturated heterocycles. The summed E-state index contributed by atoms with van der Waals surface area (Å²) in [4.78, 5) is 31.8. The molecule has 2 amide bonds. The van der Waals surface area contributed by atoms with Gasteiger partial charge in [0.15, 0.2) is 0 Å². The molecule has 1 aliphatic heterocycles. The number of aliphatic imine (C=N–C) groups is 1. The van der Waals surface area contributed by atoms with Crippen molar-refractivity contribution in [2.45, 2.75) is 26.2 Å². The summed E-state index contributed by atoms with van der Waals surface area (Å²) in [6.45, 7) is 4.95. The number of methoxy groups -OCH3 is 1. The van der Waals surface area contributed by atoms with Crippen molar-refractivity contribution < 1.29 is 14.3 Å². The molecule has 1 atom stereocenters. The predicted octanol–water partition coefficient (Wildman–Crippen LogP) is 4.08. The zero-order valence-corrected chi connectivity index (χ0v) is 15.9. The van der Waals surface area contributed by atoms with E-state index in [4.69, 9.17) is 4.74 Å². The Balaban J connectivity index is 1.96. The van der Waals surface area contributed by atoms with E-state index >= 15 is 0 Å². The number of anilines is 1. The second-order valence-electron chi connectivity index (χ2n) is 6.98. The first-order chi connectivity index (χ1) is 13.0. The normalized spacial score (nSPS) is 16.9. The maximum atomic E-state index is 13.2. The van der Waals surface area contributed by atoms with E-state index in [1.165, 1.54) is 4.90 Å². The van der Waals surface area contributed by atoms with Gasteiger partial charge in [-0.05, 0) is 48.2 Å². The third-order valence-electron chi connectivity index (χ3n) is 4.64. The molecule has 2 aromatic rings. The Morgan fingerprint density at radius 2 is 1.81 bits per heavy atom. The Morgan fingerprint density at radius 1 is 1.11 bits per heavy atom. The average Bonchev–Trinajstić information content (AvgIpc) is 2.67. The van der Waals surface area contributed by atoms with Gasteiger partial charge in [-0.25, -0.2) is 4.90 Å². The highest BCUT2D eigenvalue weighted by atomic mass is 16.5. The van der Waals surface area contributed by atoms with Crippen LogP contribution in [0.5, 0.6) is 5.75 Å². The fourth-order valence-electron chi connectivity index (χ4n) is 3.09. The number of ether oxygens (including phenoxy) is 1. The van der Waals surface area contributed by atoms with Crippen LogP contribution in [0.4, 0.5) is 5.69 Å². The van der Waals surface area contributed by atoms with Gasteiger partial charge >= 0.3 is 0 Å². The maximum Gasteiger partial charge on any atom is 0.265 e. The smallest absolute Gasteiger partial charge is 0.265 e.